The van der Waals surface area contributed by atoms with Crippen molar-refractivity contribution in [3.63, 3.8) is 0 Å². The van der Waals surface area contributed by atoms with Crippen LogP contribution in [0.5, 0.6) is 28.7 Å². The summed E-state index contributed by atoms with van der Waals surface area (Å²) < 4.78 is 26.4. The first kappa shape index (κ1) is 21.4. The van der Waals surface area contributed by atoms with Crippen LogP contribution in [-0.4, -0.2) is 37.9 Å². The lowest BCUT2D eigenvalue weighted by molar-refractivity contribution is 0.306. The van der Waals surface area contributed by atoms with Gasteiger partial charge in [-0.25, -0.2) is 0 Å². The molecule has 0 unspecified atom stereocenters. The second-order valence-electron chi connectivity index (χ2n) is 5.34. The fourth-order valence-corrected chi connectivity index (χ4v) is 3.55. The summed E-state index contributed by atoms with van der Waals surface area (Å²) in [6.45, 7) is 4.00. The van der Waals surface area contributed by atoms with E-state index in [9.17, 15) is 5.11 Å². The molecule has 0 spiro atoms. The molecule has 1 N–H and O–H groups in total. The predicted molar refractivity (Wildman–Crippen MR) is 112 cm³/mol. The highest BCUT2D eigenvalue weighted by Gasteiger charge is 2.24. The number of phenolic OH excluding ortho intramolecular Hbond substituents is 1. The monoisotopic (exact) mass is 403 g/mol. The Hall–Kier alpha value is -2.93. The summed E-state index contributed by atoms with van der Waals surface area (Å²) in [6, 6.07) is 8.82. The van der Waals surface area contributed by atoms with E-state index in [-0.39, 0.29) is 5.75 Å². The third-order valence-electron chi connectivity index (χ3n) is 3.98. The molecule has 0 aliphatic heterocycles. The number of aromatic hydroxyl groups is 1. The van der Waals surface area contributed by atoms with Crippen LogP contribution in [0.3, 0.4) is 0 Å². The zero-order valence-corrected chi connectivity index (χ0v) is 17.7. The second kappa shape index (κ2) is 9.85. The molecular formula is C21H25NO5S. The van der Waals surface area contributed by atoms with Gasteiger partial charge in [-0.2, -0.15) is 4.37 Å². The molecule has 28 heavy (non-hydrogen) atoms. The summed E-state index contributed by atoms with van der Waals surface area (Å²) in [5, 5.41) is 9.54. The number of nitrogens with zero attached hydrogens (tertiary/aromatic N) is 1. The van der Waals surface area contributed by atoms with Gasteiger partial charge in [0.2, 0.25) is 11.5 Å². The molecule has 0 radical (unpaired) electrons. The van der Waals surface area contributed by atoms with Gasteiger partial charge in [0, 0.05) is 17.3 Å². The van der Waals surface area contributed by atoms with E-state index in [1.165, 1.54) is 11.5 Å². The van der Waals surface area contributed by atoms with Crippen LogP contribution in [0.15, 0.2) is 36.5 Å². The number of ether oxygens (including phenoxy) is 4. The minimum absolute atomic E-state index is 0.213. The van der Waals surface area contributed by atoms with Crippen molar-refractivity contribution in [1.29, 1.82) is 0 Å². The quantitative estimate of drug-likeness (QED) is 0.607. The average molecular weight is 404 g/mol. The molecule has 0 fully saturated rings. The van der Waals surface area contributed by atoms with Gasteiger partial charge in [-0.3, -0.25) is 0 Å². The van der Waals surface area contributed by atoms with E-state index in [0.29, 0.717) is 23.0 Å². The molecule has 0 amide bonds. The van der Waals surface area contributed by atoms with Crippen LogP contribution in [0.25, 0.3) is 21.6 Å². The van der Waals surface area contributed by atoms with Crippen molar-refractivity contribution >= 4 is 11.5 Å². The van der Waals surface area contributed by atoms with Gasteiger partial charge < -0.3 is 24.1 Å². The van der Waals surface area contributed by atoms with Crippen molar-refractivity contribution in [3.05, 3.63) is 36.5 Å². The first-order valence-electron chi connectivity index (χ1n) is 8.76. The zero-order valence-electron chi connectivity index (χ0n) is 16.9. The topological polar surface area (TPSA) is 70.0 Å². The Kier molecular flexibility index (Phi) is 7.52. The van der Waals surface area contributed by atoms with E-state index in [0.717, 1.165) is 21.6 Å². The Balaban J connectivity index is 0.00000136. The predicted octanol–water partition coefficient (Wildman–Crippen LogP) is 5.24. The third-order valence-corrected chi connectivity index (χ3v) is 4.83. The summed E-state index contributed by atoms with van der Waals surface area (Å²) in [5.41, 5.74) is 2.59. The van der Waals surface area contributed by atoms with E-state index in [4.69, 9.17) is 18.9 Å². The molecular weight excluding hydrogens is 378 g/mol. The molecule has 0 aliphatic rings. The highest BCUT2D eigenvalue weighted by atomic mass is 32.1. The van der Waals surface area contributed by atoms with Crippen LogP contribution in [0, 0.1) is 0 Å². The largest absolute Gasteiger partial charge is 0.508 e. The van der Waals surface area contributed by atoms with Crippen molar-refractivity contribution in [2.24, 2.45) is 0 Å². The van der Waals surface area contributed by atoms with Gasteiger partial charge in [0.05, 0.1) is 33.3 Å². The lowest BCUT2D eigenvalue weighted by atomic mass is 10.0. The zero-order chi connectivity index (χ0) is 20.7. The maximum Gasteiger partial charge on any atom is 0.207 e. The molecule has 0 atom stereocenters. The minimum Gasteiger partial charge on any atom is -0.508 e. The van der Waals surface area contributed by atoms with Gasteiger partial charge in [0.25, 0.3) is 0 Å². The van der Waals surface area contributed by atoms with Crippen molar-refractivity contribution in [2.45, 2.75) is 13.8 Å². The highest BCUT2D eigenvalue weighted by Crippen LogP contribution is 2.51. The van der Waals surface area contributed by atoms with Gasteiger partial charge in [-0.05, 0) is 47.4 Å². The van der Waals surface area contributed by atoms with Crippen LogP contribution in [-0.2, 0) is 0 Å². The Morgan fingerprint density at radius 3 is 1.93 bits per heavy atom. The summed E-state index contributed by atoms with van der Waals surface area (Å²) in [5.74, 6) is 2.19. The highest BCUT2D eigenvalue weighted by molar-refractivity contribution is 7.10. The molecule has 150 valence electrons. The Labute approximate surface area is 169 Å². The maximum absolute atomic E-state index is 9.54. The third kappa shape index (κ3) is 3.99. The average Bonchev–Trinajstić information content (AvgIpc) is 3.23. The standard InChI is InChI=1S/C19H19NO5S.C2H6/c1-22-15-9-13(16(23-2)18(25-4)17(15)24-3)14-10-20-26-19(14)11-5-7-12(21)8-6-11;1-2/h5-10,21H,1-4H3;1-2H3. The molecule has 6 nitrogen and oxygen atoms in total. The van der Waals surface area contributed by atoms with Crippen LogP contribution in [0.4, 0.5) is 0 Å². The number of aromatic nitrogens is 1. The summed E-state index contributed by atoms with van der Waals surface area (Å²) in [7, 11) is 6.25. The molecule has 1 aromatic heterocycles. The molecule has 1 heterocycles. The number of phenols is 1. The van der Waals surface area contributed by atoms with Gasteiger partial charge in [-0.15, -0.1) is 0 Å². The molecule has 3 rings (SSSR count). The van der Waals surface area contributed by atoms with Crippen molar-refractivity contribution < 1.29 is 24.1 Å². The summed E-state index contributed by atoms with van der Waals surface area (Å²) in [6.07, 6.45) is 1.77. The summed E-state index contributed by atoms with van der Waals surface area (Å²) >= 11 is 1.36. The van der Waals surface area contributed by atoms with E-state index < -0.39 is 0 Å². The van der Waals surface area contributed by atoms with Crippen molar-refractivity contribution in [1.82, 2.24) is 4.37 Å². The lowest BCUT2D eigenvalue weighted by Gasteiger charge is -2.18. The SMILES string of the molecule is CC.COc1cc(-c2cnsc2-c2ccc(O)cc2)c(OC)c(OC)c1OC. The van der Waals surface area contributed by atoms with Crippen LogP contribution >= 0.6 is 11.5 Å². The van der Waals surface area contributed by atoms with E-state index >= 15 is 0 Å². The first-order valence-corrected chi connectivity index (χ1v) is 9.53. The van der Waals surface area contributed by atoms with E-state index in [1.807, 2.05) is 32.0 Å². The minimum atomic E-state index is 0.213. The molecule has 0 saturated carbocycles. The van der Waals surface area contributed by atoms with Crippen LogP contribution in [0.1, 0.15) is 13.8 Å². The number of rotatable bonds is 6. The summed E-state index contributed by atoms with van der Waals surface area (Å²) in [4.78, 5) is 0.942. The fourth-order valence-electron chi connectivity index (χ4n) is 2.78. The Morgan fingerprint density at radius 1 is 0.786 bits per heavy atom. The lowest BCUT2D eigenvalue weighted by Crippen LogP contribution is -2.00. The number of hydrogen-bond acceptors (Lipinski definition) is 7. The van der Waals surface area contributed by atoms with Gasteiger partial charge in [-0.1, -0.05) is 13.8 Å². The molecule has 3 aromatic rings. The molecule has 0 saturated heterocycles. The number of methoxy groups -OCH3 is 4. The molecule has 0 bridgehead atoms. The Morgan fingerprint density at radius 2 is 1.39 bits per heavy atom. The van der Waals surface area contributed by atoms with E-state index in [2.05, 4.69) is 4.37 Å². The van der Waals surface area contributed by atoms with Gasteiger partial charge in [0.15, 0.2) is 11.5 Å². The molecule has 7 heteroatoms. The molecule has 2 aromatic carbocycles. The Bertz CT molecular complexity index is 906. The molecule has 0 aliphatic carbocycles. The normalized spacial score (nSPS) is 9.93. The van der Waals surface area contributed by atoms with Gasteiger partial charge >= 0.3 is 0 Å². The first-order chi connectivity index (χ1) is 13.6. The maximum atomic E-state index is 9.54. The van der Waals surface area contributed by atoms with Gasteiger partial charge in [0.1, 0.15) is 5.75 Å². The van der Waals surface area contributed by atoms with E-state index in [1.54, 1.807) is 46.8 Å². The number of hydrogen-bond donors (Lipinski definition) is 1. The van der Waals surface area contributed by atoms with Crippen molar-refractivity contribution in [3.8, 4) is 50.3 Å². The smallest absolute Gasteiger partial charge is 0.207 e. The second-order valence-corrected chi connectivity index (χ2v) is 6.14. The van der Waals surface area contributed by atoms with Crippen LogP contribution < -0.4 is 18.9 Å². The fraction of sp³-hybridized carbons (Fsp3) is 0.286. The van der Waals surface area contributed by atoms with Crippen LogP contribution in [0.2, 0.25) is 0 Å². The number of benzene rings is 2. The van der Waals surface area contributed by atoms with Crippen molar-refractivity contribution in [2.75, 3.05) is 28.4 Å².